The van der Waals surface area contributed by atoms with E-state index in [4.69, 9.17) is 16.3 Å². The third-order valence-electron chi connectivity index (χ3n) is 1.54. The van der Waals surface area contributed by atoms with Gasteiger partial charge in [0.2, 0.25) is 6.54 Å². The van der Waals surface area contributed by atoms with Crippen LogP contribution in [0.25, 0.3) is 0 Å². The van der Waals surface area contributed by atoms with Gasteiger partial charge in [-0.1, -0.05) is 11.6 Å². The molecular formula is C8H8ClNO3. The fourth-order valence-electron chi connectivity index (χ4n) is 1.01. The van der Waals surface area contributed by atoms with Crippen LogP contribution in [0.1, 0.15) is 5.56 Å². The first-order chi connectivity index (χ1) is 6.13. The highest BCUT2D eigenvalue weighted by molar-refractivity contribution is 6.30. The van der Waals surface area contributed by atoms with Crippen LogP contribution >= 0.6 is 11.6 Å². The standard InChI is InChI=1S/C8H8ClNO3/c1-13-8-3-2-7(9)4-6(8)5-10(11)12/h2-4H,5H2,1H3. The van der Waals surface area contributed by atoms with E-state index >= 15 is 0 Å². The molecule has 13 heavy (non-hydrogen) atoms. The minimum atomic E-state index is -0.422. The maximum atomic E-state index is 10.3. The lowest BCUT2D eigenvalue weighted by Gasteiger charge is -2.04. The first kappa shape index (κ1) is 9.80. The van der Waals surface area contributed by atoms with Gasteiger partial charge in [-0.3, -0.25) is 10.1 Å². The van der Waals surface area contributed by atoms with Gasteiger partial charge in [-0.15, -0.1) is 0 Å². The van der Waals surface area contributed by atoms with E-state index in [0.29, 0.717) is 16.3 Å². The normalized spacial score (nSPS) is 9.69. The molecule has 0 aromatic heterocycles. The van der Waals surface area contributed by atoms with Crippen LogP contribution in [0.4, 0.5) is 0 Å². The zero-order valence-electron chi connectivity index (χ0n) is 6.99. The number of methoxy groups -OCH3 is 1. The highest BCUT2D eigenvalue weighted by atomic mass is 35.5. The van der Waals surface area contributed by atoms with E-state index in [9.17, 15) is 10.1 Å². The smallest absolute Gasteiger partial charge is 0.232 e. The van der Waals surface area contributed by atoms with Gasteiger partial charge in [0, 0.05) is 9.95 Å². The van der Waals surface area contributed by atoms with E-state index in [-0.39, 0.29) is 6.54 Å². The Morgan fingerprint density at radius 3 is 2.85 bits per heavy atom. The van der Waals surface area contributed by atoms with Crippen LogP contribution < -0.4 is 4.74 Å². The zero-order chi connectivity index (χ0) is 9.84. The average molecular weight is 202 g/mol. The highest BCUT2D eigenvalue weighted by Crippen LogP contribution is 2.22. The maximum Gasteiger partial charge on any atom is 0.232 e. The number of nitro groups is 1. The maximum absolute atomic E-state index is 10.3. The number of rotatable bonds is 3. The molecule has 0 heterocycles. The Morgan fingerprint density at radius 2 is 2.31 bits per heavy atom. The Morgan fingerprint density at radius 1 is 1.62 bits per heavy atom. The molecular weight excluding hydrogens is 194 g/mol. The Labute approximate surface area is 80.2 Å². The number of halogens is 1. The van der Waals surface area contributed by atoms with Crippen molar-refractivity contribution in [2.75, 3.05) is 7.11 Å². The van der Waals surface area contributed by atoms with Crippen molar-refractivity contribution in [2.45, 2.75) is 6.54 Å². The van der Waals surface area contributed by atoms with Gasteiger partial charge in [0.25, 0.3) is 0 Å². The van der Waals surface area contributed by atoms with Crippen molar-refractivity contribution in [3.05, 3.63) is 38.9 Å². The molecule has 0 spiro atoms. The van der Waals surface area contributed by atoms with Crippen molar-refractivity contribution in [1.82, 2.24) is 0 Å². The topological polar surface area (TPSA) is 52.4 Å². The molecule has 0 radical (unpaired) electrons. The van der Waals surface area contributed by atoms with Gasteiger partial charge in [-0.25, -0.2) is 0 Å². The van der Waals surface area contributed by atoms with Crippen LogP contribution in [0.15, 0.2) is 18.2 Å². The van der Waals surface area contributed by atoms with Gasteiger partial charge in [-0.05, 0) is 18.2 Å². The highest BCUT2D eigenvalue weighted by Gasteiger charge is 2.08. The molecule has 0 saturated carbocycles. The summed E-state index contributed by atoms with van der Waals surface area (Å²) in [6.45, 7) is -0.274. The van der Waals surface area contributed by atoms with Gasteiger partial charge in [0.1, 0.15) is 5.75 Å². The van der Waals surface area contributed by atoms with Crippen LogP contribution in [0.5, 0.6) is 5.75 Å². The van der Waals surface area contributed by atoms with Crippen molar-refractivity contribution < 1.29 is 9.66 Å². The Bertz CT molecular complexity index is 327. The molecule has 0 amide bonds. The van der Waals surface area contributed by atoms with E-state index in [2.05, 4.69) is 0 Å². The summed E-state index contributed by atoms with van der Waals surface area (Å²) in [6.07, 6.45) is 0. The molecule has 4 nitrogen and oxygen atoms in total. The largest absolute Gasteiger partial charge is 0.496 e. The molecule has 0 aliphatic carbocycles. The summed E-state index contributed by atoms with van der Waals surface area (Å²) in [7, 11) is 1.46. The van der Waals surface area contributed by atoms with E-state index in [0.717, 1.165) is 0 Å². The molecule has 0 bridgehead atoms. The molecule has 0 N–H and O–H groups in total. The summed E-state index contributed by atoms with van der Waals surface area (Å²) in [4.78, 5) is 9.83. The Hall–Kier alpha value is -1.29. The van der Waals surface area contributed by atoms with Gasteiger partial charge in [-0.2, -0.15) is 0 Å². The average Bonchev–Trinajstić information content (AvgIpc) is 2.03. The van der Waals surface area contributed by atoms with E-state index < -0.39 is 4.92 Å². The quantitative estimate of drug-likeness (QED) is 0.556. The molecule has 0 fully saturated rings. The van der Waals surface area contributed by atoms with E-state index in [1.807, 2.05) is 0 Å². The van der Waals surface area contributed by atoms with Crippen molar-refractivity contribution in [3.8, 4) is 5.75 Å². The number of hydrogen-bond donors (Lipinski definition) is 0. The van der Waals surface area contributed by atoms with E-state index in [1.54, 1.807) is 12.1 Å². The van der Waals surface area contributed by atoms with Crippen molar-refractivity contribution in [1.29, 1.82) is 0 Å². The molecule has 1 aromatic rings. The Kier molecular flexibility index (Phi) is 3.08. The van der Waals surface area contributed by atoms with Crippen molar-refractivity contribution >= 4 is 11.6 Å². The number of hydrogen-bond acceptors (Lipinski definition) is 3. The minimum absolute atomic E-state index is 0.274. The SMILES string of the molecule is COc1ccc(Cl)cc1C[N+](=O)[O-]. The number of benzene rings is 1. The fourth-order valence-corrected chi connectivity index (χ4v) is 1.20. The zero-order valence-corrected chi connectivity index (χ0v) is 7.75. The lowest BCUT2D eigenvalue weighted by Crippen LogP contribution is -2.00. The molecule has 1 rings (SSSR count). The monoisotopic (exact) mass is 201 g/mol. The Balaban J connectivity index is 3.01. The van der Waals surface area contributed by atoms with Crippen LogP contribution in [-0.2, 0) is 6.54 Å². The van der Waals surface area contributed by atoms with Crippen molar-refractivity contribution in [3.63, 3.8) is 0 Å². The summed E-state index contributed by atoms with van der Waals surface area (Å²) in [5.41, 5.74) is 0.486. The number of ether oxygens (including phenoxy) is 1. The van der Waals surface area contributed by atoms with Crippen LogP contribution in [-0.4, -0.2) is 12.0 Å². The van der Waals surface area contributed by atoms with Gasteiger partial charge in [0.15, 0.2) is 0 Å². The van der Waals surface area contributed by atoms with Crippen LogP contribution in [0, 0.1) is 10.1 Å². The van der Waals surface area contributed by atoms with Crippen molar-refractivity contribution in [2.24, 2.45) is 0 Å². The van der Waals surface area contributed by atoms with E-state index in [1.165, 1.54) is 13.2 Å². The predicted octanol–water partition coefficient (Wildman–Crippen LogP) is 2.13. The summed E-state index contributed by atoms with van der Waals surface area (Å²) < 4.78 is 4.94. The lowest BCUT2D eigenvalue weighted by molar-refractivity contribution is -0.496. The molecule has 5 heteroatoms. The third-order valence-corrected chi connectivity index (χ3v) is 1.78. The molecule has 0 unspecified atom stereocenters. The summed E-state index contributed by atoms with van der Waals surface area (Å²) in [5.74, 6) is 0.487. The summed E-state index contributed by atoms with van der Waals surface area (Å²) in [6, 6.07) is 4.77. The second kappa shape index (κ2) is 4.09. The predicted molar refractivity (Wildman–Crippen MR) is 48.7 cm³/mol. The van der Waals surface area contributed by atoms with Gasteiger partial charge < -0.3 is 4.74 Å². The van der Waals surface area contributed by atoms with Crippen LogP contribution in [0.2, 0.25) is 5.02 Å². The van der Waals surface area contributed by atoms with Gasteiger partial charge in [0.05, 0.1) is 12.7 Å². The minimum Gasteiger partial charge on any atom is -0.496 e. The first-order valence-corrected chi connectivity index (χ1v) is 3.95. The summed E-state index contributed by atoms with van der Waals surface area (Å²) in [5, 5.41) is 10.7. The lowest BCUT2D eigenvalue weighted by atomic mass is 10.2. The number of nitrogens with zero attached hydrogens (tertiary/aromatic N) is 1. The summed E-state index contributed by atoms with van der Waals surface area (Å²) >= 11 is 5.68. The molecule has 0 aliphatic heterocycles. The third kappa shape index (κ3) is 2.59. The second-order valence-electron chi connectivity index (χ2n) is 2.45. The molecule has 70 valence electrons. The molecule has 0 aliphatic rings. The second-order valence-corrected chi connectivity index (χ2v) is 2.88. The van der Waals surface area contributed by atoms with Crippen LogP contribution in [0.3, 0.4) is 0 Å². The molecule has 0 atom stereocenters. The molecule has 1 aromatic carbocycles. The first-order valence-electron chi connectivity index (χ1n) is 3.57. The molecule has 0 saturated heterocycles. The fraction of sp³-hybridized carbons (Fsp3) is 0.250. The van der Waals surface area contributed by atoms with Gasteiger partial charge >= 0.3 is 0 Å².